The molecule has 1 atom stereocenters. The van der Waals surface area contributed by atoms with Gasteiger partial charge in [-0.3, -0.25) is 4.99 Å². The molecule has 0 aliphatic rings. The van der Waals surface area contributed by atoms with E-state index in [1.54, 1.807) is 7.05 Å². The van der Waals surface area contributed by atoms with Crippen molar-refractivity contribution in [2.75, 3.05) is 13.6 Å². The Morgan fingerprint density at radius 1 is 1.57 bits per heavy atom. The number of nitrogens with one attached hydrogen (secondary N) is 1. The quantitative estimate of drug-likeness (QED) is 0.175. The summed E-state index contributed by atoms with van der Waals surface area (Å²) in [7, 11) is 1.57. The van der Waals surface area contributed by atoms with Gasteiger partial charge in [0, 0.05) is 12.6 Å². The van der Waals surface area contributed by atoms with Crippen molar-refractivity contribution in [3.8, 4) is 0 Å². The zero-order chi connectivity index (χ0) is 10.3. The molecule has 0 aromatic rings. The fraction of sp³-hybridized carbons (Fsp3) is 0.714. The second-order valence-electron chi connectivity index (χ2n) is 2.61. The molecule has 0 unspecified atom stereocenters. The van der Waals surface area contributed by atoms with Gasteiger partial charge in [0.1, 0.15) is 0 Å². The van der Waals surface area contributed by atoms with Gasteiger partial charge in [0.15, 0.2) is 5.96 Å². The summed E-state index contributed by atoms with van der Waals surface area (Å²) in [6, 6.07) is -0.630. The monoisotopic (exact) mass is 210 g/mol. The molecule has 76 valence electrons. The predicted molar refractivity (Wildman–Crippen MR) is 47.8 cm³/mol. The summed E-state index contributed by atoms with van der Waals surface area (Å²) in [6.45, 7) is 0.438. The molecule has 0 aliphatic carbocycles. The Morgan fingerprint density at radius 2 is 2.14 bits per heavy atom. The number of nitrogens with two attached hydrogens (primary N) is 2. The average molecular weight is 210 g/mol. The summed E-state index contributed by atoms with van der Waals surface area (Å²) >= 11 is 0. The minimum Gasteiger partial charge on any atom is -0.548 e. The Balaban J connectivity index is 0. The first-order valence-electron chi connectivity index (χ1n) is 4.01. The van der Waals surface area contributed by atoms with Gasteiger partial charge in [-0.1, -0.05) is 0 Å². The number of aliphatic carboxylic acids is 1. The Morgan fingerprint density at radius 3 is 2.50 bits per heavy atom. The summed E-state index contributed by atoms with van der Waals surface area (Å²) in [5.74, 6) is -1.08. The molecule has 0 aliphatic heterocycles. The number of carbonyl (C=O) groups excluding carboxylic acids is 1. The predicted octanol–water partition coefficient (Wildman–Crippen LogP) is -5.62. The van der Waals surface area contributed by atoms with Crippen LogP contribution in [0.4, 0.5) is 0 Å². The molecule has 0 bridgehead atoms. The Bertz CT molecular complexity index is 194. The van der Waals surface area contributed by atoms with E-state index >= 15 is 0 Å². The van der Waals surface area contributed by atoms with Crippen molar-refractivity contribution < 1.29 is 39.5 Å². The van der Waals surface area contributed by atoms with E-state index < -0.39 is 12.0 Å². The minimum atomic E-state index is -1.10. The van der Waals surface area contributed by atoms with Crippen LogP contribution in [0.5, 0.6) is 0 Å². The molecule has 0 saturated carbocycles. The van der Waals surface area contributed by atoms with Crippen molar-refractivity contribution in [2.24, 2.45) is 16.5 Å². The van der Waals surface area contributed by atoms with Gasteiger partial charge in [-0.15, -0.1) is 0 Å². The standard InChI is InChI=1S/C7H16N4O2.Na/c1-10-5(6(12)13)3-2-4-11-7(8)9;/h5,10H,2-4H2,1H3,(H,12,13)(H4,8,9,11);/q;+1/p-1/t5-;/m1./s1. The molecule has 7 heteroatoms. The van der Waals surface area contributed by atoms with Crippen molar-refractivity contribution in [1.82, 2.24) is 5.32 Å². The van der Waals surface area contributed by atoms with Gasteiger partial charge >= 0.3 is 29.6 Å². The number of hydrogen-bond acceptors (Lipinski definition) is 4. The second-order valence-corrected chi connectivity index (χ2v) is 2.61. The molecule has 0 aromatic heterocycles. The molecule has 0 fully saturated rings. The number of guanidine groups is 1. The second kappa shape index (κ2) is 9.26. The number of carbonyl (C=O) groups is 1. The number of hydrogen-bond donors (Lipinski definition) is 3. The van der Waals surface area contributed by atoms with Gasteiger partial charge in [0.05, 0.1) is 5.97 Å². The van der Waals surface area contributed by atoms with Gasteiger partial charge in [-0.2, -0.15) is 0 Å². The molecule has 6 nitrogen and oxygen atoms in total. The molecular weight excluding hydrogens is 195 g/mol. The molecule has 0 heterocycles. The number of likely N-dealkylation sites (N-methyl/N-ethyl adjacent to an activating group) is 1. The van der Waals surface area contributed by atoms with Crippen molar-refractivity contribution in [2.45, 2.75) is 18.9 Å². The maximum atomic E-state index is 10.4. The number of aliphatic imine (C=N–C) groups is 1. The van der Waals surface area contributed by atoms with Crippen LogP contribution in [0.25, 0.3) is 0 Å². The Kier molecular flexibility index (Phi) is 10.7. The van der Waals surface area contributed by atoms with Crippen LogP contribution >= 0.6 is 0 Å². The average Bonchev–Trinajstić information content (AvgIpc) is 2.03. The topological polar surface area (TPSA) is 117 Å². The van der Waals surface area contributed by atoms with Crippen molar-refractivity contribution >= 4 is 11.9 Å². The first-order chi connectivity index (χ1) is 6.07. The van der Waals surface area contributed by atoms with Gasteiger partial charge in [0.2, 0.25) is 0 Å². The zero-order valence-electron chi connectivity index (χ0n) is 8.62. The maximum Gasteiger partial charge on any atom is 1.00 e. The van der Waals surface area contributed by atoms with E-state index in [4.69, 9.17) is 11.5 Å². The van der Waals surface area contributed by atoms with E-state index in [9.17, 15) is 9.90 Å². The zero-order valence-corrected chi connectivity index (χ0v) is 10.6. The summed E-state index contributed by atoms with van der Waals surface area (Å²) in [6.07, 6.45) is 1.06. The van der Waals surface area contributed by atoms with Gasteiger partial charge in [0.25, 0.3) is 0 Å². The third kappa shape index (κ3) is 8.31. The maximum absolute atomic E-state index is 10.4. The van der Waals surface area contributed by atoms with E-state index in [1.807, 2.05) is 0 Å². The Hall–Kier alpha value is -0.300. The summed E-state index contributed by atoms with van der Waals surface area (Å²) in [5, 5.41) is 13.0. The Labute approximate surface area is 105 Å². The number of nitrogens with zero attached hydrogens (tertiary/aromatic N) is 1. The van der Waals surface area contributed by atoms with E-state index in [1.165, 1.54) is 0 Å². The third-order valence-corrected chi connectivity index (χ3v) is 1.58. The summed E-state index contributed by atoms with van der Waals surface area (Å²) in [4.78, 5) is 14.1. The molecule has 14 heavy (non-hydrogen) atoms. The molecule has 0 radical (unpaired) electrons. The SMILES string of the molecule is CN[C@H](CCCN=C(N)N)C(=O)[O-].[Na+]. The summed E-state index contributed by atoms with van der Waals surface area (Å²) in [5.41, 5.74) is 10.2. The first kappa shape index (κ1) is 16.1. The minimum absolute atomic E-state index is 0. The van der Waals surface area contributed by atoms with Crippen molar-refractivity contribution in [1.29, 1.82) is 0 Å². The first-order valence-corrected chi connectivity index (χ1v) is 4.01. The van der Waals surface area contributed by atoms with Crippen LogP contribution in [0.15, 0.2) is 4.99 Å². The van der Waals surface area contributed by atoms with Crippen LogP contribution in [0.1, 0.15) is 12.8 Å². The fourth-order valence-corrected chi connectivity index (χ4v) is 0.884. The largest absolute Gasteiger partial charge is 1.00 e. The van der Waals surface area contributed by atoms with Crippen LogP contribution in [0, 0.1) is 0 Å². The van der Waals surface area contributed by atoms with Gasteiger partial charge in [-0.25, -0.2) is 0 Å². The van der Waals surface area contributed by atoms with E-state index in [0.29, 0.717) is 19.4 Å². The van der Waals surface area contributed by atoms with E-state index in [-0.39, 0.29) is 35.5 Å². The molecule has 0 spiro atoms. The van der Waals surface area contributed by atoms with E-state index in [0.717, 1.165) is 0 Å². The van der Waals surface area contributed by atoms with Crippen LogP contribution in [0.2, 0.25) is 0 Å². The molecule has 0 amide bonds. The van der Waals surface area contributed by atoms with Crippen LogP contribution < -0.4 is 51.4 Å². The molecular formula is C7H15N4NaO2. The fourth-order valence-electron chi connectivity index (χ4n) is 0.884. The van der Waals surface area contributed by atoms with Gasteiger partial charge < -0.3 is 26.7 Å². The van der Waals surface area contributed by atoms with E-state index in [2.05, 4.69) is 10.3 Å². The number of rotatable bonds is 6. The third-order valence-electron chi connectivity index (χ3n) is 1.58. The molecule has 0 rings (SSSR count). The smallest absolute Gasteiger partial charge is 0.548 e. The molecule has 0 saturated heterocycles. The normalized spacial score (nSPS) is 11.2. The summed E-state index contributed by atoms with van der Waals surface area (Å²) < 4.78 is 0. The van der Waals surface area contributed by atoms with Crippen LogP contribution in [-0.2, 0) is 4.79 Å². The van der Waals surface area contributed by atoms with Crippen molar-refractivity contribution in [3.63, 3.8) is 0 Å². The van der Waals surface area contributed by atoms with Crippen LogP contribution in [0.3, 0.4) is 0 Å². The number of carboxylic acid groups (broad SMARTS) is 1. The molecule has 0 aromatic carbocycles. The number of carboxylic acids is 1. The molecule has 5 N–H and O–H groups in total. The van der Waals surface area contributed by atoms with Crippen molar-refractivity contribution in [3.05, 3.63) is 0 Å². The van der Waals surface area contributed by atoms with Crippen LogP contribution in [-0.4, -0.2) is 31.6 Å². The van der Waals surface area contributed by atoms with Gasteiger partial charge in [-0.05, 0) is 19.9 Å².